The lowest BCUT2D eigenvalue weighted by Crippen LogP contribution is -2.18. The minimum atomic E-state index is -0.232. The molecule has 0 atom stereocenters. The molecule has 132 valence electrons. The first-order valence-electron chi connectivity index (χ1n) is 8.40. The number of carbonyl (C=O) groups is 1. The van der Waals surface area contributed by atoms with Gasteiger partial charge in [-0.2, -0.15) is 5.10 Å². The van der Waals surface area contributed by atoms with Crippen molar-refractivity contribution in [3.63, 3.8) is 0 Å². The van der Waals surface area contributed by atoms with Crippen LogP contribution in [-0.4, -0.2) is 30.8 Å². The van der Waals surface area contributed by atoms with Crippen molar-refractivity contribution in [2.24, 2.45) is 5.10 Å². The summed E-state index contributed by atoms with van der Waals surface area (Å²) in [6.07, 6.45) is 3.65. The van der Waals surface area contributed by atoms with E-state index in [2.05, 4.69) is 15.1 Å². The molecule has 2 aromatic carbocycles. The average molecular weight is 346 g/mol. The predicted molar refractivity (Wildman–Crippen MR) is 106 cm³/mol. The van der Waals surface area contributed by atoms with E-state index in [1.807, 2.05) is 86.7 Å². The maximum atomic E-state index is 12.3. The Kier molecular flexibility index (Phi) is 5.17. The van der Waals surface area contributed by atoms with E-state index in [9.17, 15) is 4.79 Å². The first-order chi connectivity index (χ1) is 12.5. The number of nitrogens with one attached hydrogen (secondary N) is 1. The maximum absolute atomic E-state index is 12.3. The molecule has 0 bridgehead atoms. The van der Waals surface area contributed by atoms with Crippen molar-refractivity contribution in [2.75, 3.05) is 19.0 Å². The van der Waals surface area contributed by atoms with Crippen molar-refractivity contribution >= 4 is 17.8 Å². The van der Waals surface area contributed by atoms with E-state index in [0.29, 0.717) is 5.56 Å². The predicted octanol–water partition coefficient (Wildman–Crippen LogP) is 3.62. The molecule has 1 heterocycles. The zero-order valence-electron chi connectivity index (χ0n) is 15.2. The largest absolute Gasteiger partial charge is 0.378 e. The third-order valence-corrected chi connectivity index (χ3v) is 4.07. The molecule has 3 aromatic rings. The third-order valence-electron chi connectivity index (χ3n) is 4.07. The molecular weight excluding hydrogens is 324 g/mol. The number of hydrogen-bond donors (Lipinski definition) is 1. The van der Waals surface area contributed by atoms with Crippen molar-refractivity contribution < 1.29 is 4.79 Å². The van der Waals surface area contributed by atoms with Crippen molar-refractivity contribution in [2.45, 2.75) is 6.92 Å². The smallest absolute Gasteiger partial charge is 0.271 e. The summed E-state index contributed by atoms with van der Waals surface area (Å²) in [7, 11) is 3.88. The Morgan fingerprint density at radius 1 is 1.08 bits per heavy atom. The van der Waals surface area contributed by atoms with E-state index in [1.54, 1.807) is 12.3 Å². The van der Waals surface area contributed by atoms with Gasteiger partial charge in [0.05, 0.1) is 6.21 Å². The van der Waals surface area contributed by atoms with Crippen LogP contribution in [0.15, 0.2) is 72.0 Å². The highest BCUT2D eigenvalue weighted by molar-refractivity contribution is 5.95. The second-order valence-corrected chi connectivity index (χ2v) is 6.26. The summed E-state index contributed by atoms with van der Waals surface area (Å²) in [4.78, 5) is 14.2. The highest BCUT2D eigenvalue weighted by Gasteiger charge is 2.06. The highest BCUT2D eigenvalue weighted by Crippen LogP contribution is 2.15. The lowest BCUT2D eigenvalue weighted by Gasteiger charge is -2.12. The number of carbonyl (C=O) groups excluding carboxylic acids is 1. The van der Waals surface area contributed by atoms with Gasteiger partial charge in [-0.15, -0.1) is 0 Å². The Morgan fingerprint density at radius 2 is 1.85 bits per heavy atom. The summed E-state index contributed by atoms with van der Waals surface area (Å²) in [5.74, 6) is -0.232. The lowest BCUT2D eigenvalue weighted by molar-refractivity contribution is 0.0955. The van der Waals surface area contributed by atoms with Gasteiger partial charge in [0.1, 0.15) is 0 Å². The van der Waals surface area contributed by atoms with E-state index in [1.165, 1.54) is 0 Å². The first kappa shape index (κ1) is 17.5. The average Bonchev–Trinajstić information content (AvgIpc) is 3.03. The Labute approximate surface area is 153 Å². The number of aromatic nitrogens is 1. The number of anilines is 1. The number of benzene rings is 2. The zero-order chi connectivity index (χ0) is 18.5. The van der Waals surface area contributed by atoms with Crippen LogP contribution in [-0.2, 0) is 0 Å². The van der Waals surface area contributed by atoms with Crippen LogP contribution in [0.25, 0.3) is 5.69 Å². The van der Waals surface area contributed by atoms with Crippen LogP contribution >= 0.6 is 0 Å². The minimum Gasteiger partial charge on any atom is -0.378 e. The zero-order valence-corrected chi connectivity index (χ0v) is 15.2. The van der Waals surface area contributed by atoms with Gasteiger partial charge in [0.25, 0.3) is 5.91 Å². The molecule has 1 N–H and O–H groups in total. The topological polar surface area (TPSA) is 49.6 Å². The second kappa shape index (κ2) is 7.70. The van der Waals surface area contributed by atoms with Crippen LogP contribution in [0.4, 0.5) is 5.69 Å². The van der Waals surface area contributed by atoms with Gasteiger partial charge in [-0.25, -0.2) is 5.43 Å². The first-order valence-corrected chi connectivity index (χ1v) is 8.40. The molecule has 5 nitrogen and oxygen atoms in total. The number of amides is 1. The summed E-state index contributed by atoms with van der Waals surface area (Å²) >= 11 is 0. The fourth-order valence-corrected chi connectivity index (χ4v) is 2.69. The van der Waals surface area contributed by atoms with Crippen molar-refractivity contribution in [1.29, 1.82) is 0 Å². The van der Waals surface area contributed by atoms with Gasteiger partial charge in [-0.3, -0.25) is 4.79 Å². The number of nitrogens with zero attached hydrogens (tertiary/aromatic N) is 3. The lowest BCUT2D eigenvalue weighted by atomic mass is 10.2. The minimum absolute atomic E-state index is 0.232. The number of para-hydroxylation sites is 1. The molecule has 0 aliphatic carbocycles. The van der Waals surface area contributed by atoms with Gasteiger partial charge < -0.3 is 9.47 Å². The molecule has 3 rings (SSSR count). The number of hydrogen-bond acceptors (Lipinski definition) is 3. The van der Waals surface area contributed by atoms with Gasteiger partial charge >= 0.3 is 0 Å². The fraction of sp³-hybridized carbons (Fsp3) is 0.143. The second-order valence-electron chi connectivity index (χ2n) is 6.26. The van der Waals surface area contributed by atoms with E-state index >= 15 is 0 Å². The standard InChI is InChI=1S/C21H22N4O/c1-16-12-17(15-25(16)19-9-5-4-6-10-19)14-22-23-21(26)18-8-7-11-20(13-18)24(2)3/h4-15H,1-3H3,(H,23,26)/b22-14-. The molecule has 1 aromatic heterocycles. The van der Waals surface area contributed by atoms with E-state index in [0.717, 1.165) is 22.6 Å². The Morgan fingerprint density at radius 3 is 2.58 bits per heavy atom. The normalized spacial score (nSPS) is 10.9. The number of aryl methyl sites for hydroxylation is 1. The molecule has 0 unspecified atom stereocenters. The van der Waals surface area contributed by atoms with Crippen LogP contribution in [0.2, 0.25) is 0 Å². The molecule has 0 saturated carbocycles. The molecule has 0 saturated heterocycles. The molecule has 0 fully saturated rings. The van der Waals surface area contributed by atoms with E-state index < -0.39 is 0 Å². The molecular formula is C21H22N4O. The van der Waals surface area contributed by atoms with Gasteiger partial charge in [0.2, 0.25) is 0 Å². The maximum Gasteiger partial charge on any atom is 0.271 e. The molecule has 0 radical (unpaired) electrons. The summed E-state index contributed by atoms with van der Waals surface area (Å²) in [6.45, 7) is 2.04. The number of rotatable bonds is 5. The highest BCUT2D eigenvalue weighted by atomic mass is 16.2. The SMILES string of the molecule is Cc1cc(/C=N\NC(=O)c2cccc(N(C)C)c2)cn1-c1ccccc1. The molecule has 5 heteroatoms. The van der Waals surface area contributed by atoms with E-state index in [-0.39, 0.29) is 5.91 Å². The monoisotopic (exact) mass is 346 g/mol. The third kappa shape index (κ3) is 4.00. The van der Waals surface area contributed by atoms with Crippen molar-refractivity contribution in [3.8, 4) is 5.69 Å². The van der Waals surface area contributed by atoms with Gasteiger partial charge in [-0.1, -0.05) is 24.3 Å². The Bertz CT molecular complexity index is 926. The Balaban J connectivity index is 1.69. The summed E-state index contributed by atoms with van der Waals surface area (Å²) in [5.41, 5.74) is 7.25. The summed E-state index contributed by atoms with van der Waals surface area (Å²) in [5, 5.41) is 4.09. The van der Waals surface area contributed by atoms with Gasteiger partial charge in [0, 0.05) is 48.5 Å². The Hall–Kier alpha value is -3.34. The summed E-state index contributed by atoms with van der Waals surface area (Å²) in [6, 6.07) is 19.5. The number of hydrazone groups is 1. The van der Waals surface area contributed by atoms with Crippen LogP contribution < -0.4 is 10.3 Å². The van der Waals surface area contributed by atoms with Crippen LogP contribution in [0.5, 0.6) is 0 Å². The molecule has 26 heavy (non-hydrogen) atoms. The van der Waals surface area contributed by atoms with Crippen molar-refractivity contribution in [3.05, 3.63) is 83.7 Å². The fourth-order valence-electron chi connectivity index (χ4n) is 2.69. The molecule has 1 amide bonds. The molecule has 0 aliphatic rings. The summed E-state index contributed by atoms with van der Waals surface area (Å²) < 4.78 is 2.09. The molecule has 0 spiro atoms. The van der Waals surface area contributed by atoms with E-state index in [4.69, 9.17) is 0 Å². The molecule has 0 aliphatic heterocycles. The van der Waals surface area contributed by atoms with Crippen LogP contribution in [0.1, 0.15) is 21.6 Å². The van der Waals surface area contributed by atoms with Gasteiger partial charge in [-0.05, 0) is 43.3 Å². The quantitative estimate of drug-likeness (QED) is 0.567. The van der Waals surface area contributed by atoms with Crippen LogP contribution in [0, 0.1) is 6.92 Å². The van der Waals surface area contributed by atoms with Crippen LogP contribution in [0.3, 0.4) is 0 Å². The van der Waals surface area contributed by atoms with Gasteiger partial charge in [0.15, 0.2) is 0 Å². The van der Waals surface area contributed by atoms with Crippen molar-refractivity contribution in [1.82, 2.24) is 9.99 Å².